The van der Waals surface area contributed by atoms with Crippen molar-refractivity contribution >= 4 is 29.2 Å². The Kier molecular flexibility index (Phi) is 8.01. The molecule has 0 aliphatic carbocycles. The highest BCUT2D eigenvalue weighted by Crippen LogP contribution is 2.21. The fourth-order valence-electron chi connectivity index (χ4n) is 2.26. The highest BCUT2D eigenvalue weighted by Gasteiger charge is 2.04. The molecule has 8 heteroatoms. The lowest BCUT2D eigenvalue weighted by atomic mass is 10.1. The molecule has 0 amide bonds. The summed E-state index contributed by atoms with van der Waals surface area (Å²) < 4.78 is 5.09. The molecule has 25 heavy (non-hydrogen) atoms. The van der Waals surface area contributed by atoms with Crippen molar-refractivity contribution in [3.63, 3.8) is 0 Å². The third kappa shape index (κ3) is 6.92. The summed E-state index contributed by atoms with van der Waals surface area (Å²) in [5.74, 6) is 2.05. The number of nitrogens with one attached hydrogen (secondary N) is 2. The van der Waals surface area contributed by atoms with Gasteiger partial charge in [-0.3, -0.25) is 4.99 Å². The van der Waals surface area contributed by atoms with Gasteiger partial charge in [0.05, 0.1) is 0 Å². The van der Waals surface area contributed by atoms with E-state index in [1.807, 2.05) is 19.1 Å². The van der Waals surface area contributed by atoms with Gasteiger partial charge in [0.15, 0.2) is 11.8 Å². The molecule has 136 valence electrons. The van der Waals surface area contributed by atoms with Gasteiger partial charge in [0.2, 0.25) is 5.89 Å². The molecule has 0 spiro atoms. The molecule has 0 saturated heterocycles. The average molecular weight is 384 g/mol. The fraction of sp³-hybridized carbons (Fsp3) is 0.471. The molecule has 1 aromatic heterocycles. The van der Waals surface area contributed by atoms with Crippen molar-refractivity contribution in [1.29, 1.82) is 0 Å². The number of aromatic nitrogens is 2. The summed E-state index contributed by atoms with van der Waals surface area (Å²) in [6.45, 7) is 6.02. The zero-order valence-corrected chi connectivity index (χ0v) is 16.0. The lowest BCUT2D eigenvalue weighted by Gasteiger charge is -2.10. The second-order valence-electron chi connectivity index (χ2n) is 5.51. The standard InChI is InChI=1S/C17H23Cl2N5O/c1-3-20-17(22-10-8-16-23-12(2)24-25-16)21-9-4-5-13-6-7-14(18)11-15(13)19/h6-7,11H,3-5,8-10H2,1-2H3,(H2,20,21,22). The van der Waals surface area contributed by atoms with E-state index in [4.69, 9.17) is 27.7 Å². The lowest BCUT2D eigenvalue weighted by molar-refractivity contribution is 0.374. The number of nitrogens with zero attached hydrogens (tertiary/aromatic N) is 3. The van der Waals surface area contributed by atoms with E-state index in [9.17, 15) is 0 Å². The van der Waals surface area contributed by atoms with Crippen LogP contribution in [0.25, 0.3) is 0 Å². The molecule has 0 aliphatic heterocycles. The summed E-state index contributed by atoms with van der Waals surface area (Å²) in [7, 11) is 0. The van der Waals surface area contributed by atoms with E-state index in [0.29, 0.717) is 41.3 Å². The minimum atomic E-state index is 0.623. The van der Waals surface area contributed by atoms with Crippen LogP contribution in [-0.2, 0) is 12.8 Å². The number of aliphatic imine (C=N–C) groups is 1. The Balaban J connectivity index is 1.76. The van der Waals surface area contributed by atoms with Crippen molar-refractivity contribution < 1.29 is 4.52 Å². The summed E-state index contributed by atoms with van der Waals surface area (Å²) in [6.07, 6.45) is 2.42. The van der Waals surface area contributed by atoms with Crippen molar-refractivity contribution in [1.82, 2.24) is 20.8 Å². The Morgan fingerprint density at radius 1 is 1.24 bits per heavy atom. The second-order valence-corrected chi connectivity index (χ2v) is 6.36. The van der Waals surface area contributed by atoms with Crippen molar-refractivity contribution in [2.45, 2.75) is 33.1 Å². The molecule has 2 N–H and O–H groups in total. The van der Waals surface area contributed by atoms with Gasteiger partial charge in [-0.2, -0.15) is 4.98 Å². The maximum Gasteiger partial charge on any atom is 0.228 e. The van der Waals surface area contributed by atoms with Gasteiger partial charge < -0.3 is 15.2 Å². The van der Waals surface area contributed by atoms with E-state index in [0.717, 1.165) is 30.9 Å². The molecule has 0 aliphatic rings. The Labute approximate surface area is 158 Å². The maximum absolute atomic E-state index is 6.18. The number of benzene rings is 1. The molecule has 0 bridgehead atoms. The van der Waals surface area contributed by atoms with Gasteiger partial charge in [0.25, 0.3) is 0 Å². The topological polar surface area (TPSA) is 75.3 Å². The number of rotatable bonds is 8. The van der Waals surface area contributed by atoms with Crippen LogP contribution in [0.15, 0.2) is 27.7 Å². The molecule has 1 heterocycles. The fourth-order valence-corrected chi connectivity index (χ4v) is 2.76. The Morgan fingerprint density at radius 2 is 2.08 bits per heavy atom. The minimum absolute atomic E-state index is 0.623. The first-order valence-corrected chi connectivity index (χ1v) is 9.09. The van der Waals surface area contributed by atoms with Crippen LogP contribution in [0.1, 0.15) is 30.6 Å². The first kappa shape index (κ1) is 19.5. The van der Waals surface area contributed by atoms with Gasteiger partial charge in [0, 0.05) is 36.1 Å². The van der Waals surface area contributed by atoms with Gasteiger partial charge >= 0.3 is 0 Å². The smallest absolute Gasteiger partial charge is 0.228 e. The number of aryl methyl sites for hydroxylation is 2. The minimum Gasteiger partial charge on any atom is -0.357 e. The van der Waals surface area contributed by atoms with Crippen LogP contribution >= 0.6 is 23.2 Å². The highest BCUT2D eigenvalue weighted by molar-refractivity contribution is 6.35. The number of halogens is 2. The Hall–Kier alpha value is -1.79. The molecule has 2 rings (SSSR count). The summed E-state index contributed by atoms with van der Waals surface area (Å²) in [4.78, 5) is 8.75. The van der Waals surface area contributed by atoms with E-state index in [-0.39, 0.29) is 0 Å². The van der Waals surface area contributed by atoms with E-state index < -0.39 is 0 Å². The van der Waals surface area contributed by atoms with Gasteiger partial charge in [-0.1, -0.05) is 34.4 Å². The largest absolute Gasteiger partial charge is 0.357 e. The zero-order chi connectivity index (χ0) is 18.1. The van der Waals surface area contributed by atoms with E-state index in [2.05, 4.69) is 25.8 Å². The lowest BCUT2D eigenvalue weighted by Crippen LogP contribution is -2.38. The van der Waals surface area contributed by atoms with E-state index in [1.165, 1.54) is 0 Å². The average Bonchev–Trinajstić information content (AvgIpc) is 2.98. The van der Waals surface area contributed by atoms with Crippen molar-refractivity contribution in [2.24, 2.45) is 4.99 Å². The maximum atomic E-state index is 6.18. The third-order valence-corrected chi connectivity index (χ3v) is 4.02. The molecule has 0 saturated carbocycles. The Bertz CT molecular complexity index is 702. The summed E-state index contributed by atoms with van der Waals surface area (Å²) >= 11 is 12.1. The van der Waals surface area contributed by atoms with Gasteiger partial charge in [-0.05, 0) is 44.4 Å². The first-order chi connectivity index (χ1) is 12.1. The molecule has 6 nitrogen and oxygen atoms in total. The molecule has 1 aromatic carbocycles. The molecule has 0 radical (unpaired) electrons. The van der Waals surface area contributed by atoms with E-state index in [1.54, 1.807) is 13.0 Å². The van der Waals surface area contributed by atoms with Crippen LogP contribution in [-0.4, -0.2) is 35.7 Å². The Morgan fingerprint density at radius 3 is 2.76 bits per heavy atom. The quantitative estimate of drug-likeness (QED) is 0.414. The van der Waals surface area contributed by atoms with Gasteiger partial charge in [-0.25, -0.2) is 0 Å². The van der Waals surface area contributed by atoms with Crippen molar-refractivity contribution in [3.05, 3.63) is 45.5 Å². The molecule has 0 unspecified atom stereocenters. The monoisotopic (exact) mass is 383 g/mol. The number of hydrogen-bond acceptors (Lipinski definition) is 4. The van der Waals surface area contributed by atoms with E-state index >= 15 is 0 Å². The summed E-state index contributed by atoms with van der Waals surface area (Å²) in [5.41, 5.74) is 1.09. The number of hydrogen-bond donors (Lipinski definition) is 2. The predicted molar refractivity (Wildman–Crippen MR) is 102 cm³/mol. The molecule has 2 aromatic rings. The zero-order valence-electron chi connectivity index (χ0n) is 14.5. The predicted octanol–water partition coefficient (Wildman–Crippen LogP) is 3.42. The van der Waals surface area contributed by atoms with Crippen LogP contribution in [0.4, 0.5) is 0 Å². The highest BCUT2D eigenvalue weighted by atomic mass is 35.5. The molecular weight excluding hydrogens is 361 g/mol. The molecule has 0 atom stereocenters. The van der Waals surface area contributed by atoms with Crippen molar-refractivity contribution in [2.75, 3.05) is 19.6 Å². The van der Waals surface area contributed by atoms with Crippen LogP contribution in [0.5, 0.6) is 0 Å². The summed E-state index contributed by atoms with van der Waals surface area (Å²) in [6, 6.07) is 5.59. The van der Waals surface area contributed by atoms with Gasteiger partial charge in [0.1, 0.15) is 0 Å². The molecular formula is C17H23Cl2N5O. The van der Waals surface area contributed by atoms with Crippen molar-refractivity contribution in [3.8, 4) is 0 Å². The second kappa shape index (κ2) is 10.3. The van der Waals surface area contributed by atoms with Crippen LogP contribution in [0.3, 0.4) is 0 Å². The van der Waals surface area contributed by atoms with Crippen LogP contribution in [0.2, 0.25) is 10.0 Å². The molecule has 0 fully saturated rings. The van der Waals surface area contributed by atoms with Crippen LogP contribution < -0.4 is 10.6 Å². The van der Waals surface area contributed by atoms with Crippen LogP contribution in [0, 0.1) is 6.92 Å². The summed E-state index contributed by atoms with van der Waals surface area (Å²) in [5, 5.41) is 11.6. The SMILES string of the molecule is CCNC(=NCCCc1ccc(Cl)cc1Cl)NCCc1nc(C)no1. The normalized spacial score (nSPS) is 11.6. The third-order valence-electron chi connectivity index (χ3n) is 3.43. The number of guanidine groups is 1. The van der Waals surface area contributed by atoms with Gasteiger partial charge in [-0.15, -0.1) is 0 Å². The first-order valence-electron chi connectivity index (χ1n) is 8.33.